The Balaban J connectivity index is 1.36. The van der Waals surface area contributed by atoms with Crippen LogP contribution in [0.4, 0.5) is 5.69 Å². The number of hydrogen-bond acceptors (Lipinski definition) is 5. The molecule has 0 saturated heterocycles. The monoisotopic (exact) mass is 632 g/mol. The number of benzene rings is 5. The normalized spacial score (nSPS) is 19.3. The van der Waals surface area contributed by atoms with Crippen molar-refractivity contribution >= 4 is 38.7 Å². The molecule has 0 aliphatic carbocycles. The second-order valence-electron chi connectivity index (χ2n) is 11.4. The molecule has 0 bridgehead atoms. The van der Waals surface area contributed by atoms with Crippen molar-refractivity contribution in [3.63, 3.8) is 0 Å². The average molecular weight is 633 g/mol. The van der Waals surface area contributed by atoms with Gasteiger partial charge in [0.05, 0.1) is 34.6 Å². The van der Waals surface area contributed by atoms with Gasteiger partial charge >= 0.3 is 0 Å². The third-order valence-corrected chi connectivity index (χ3v) is 8.57. The molecule has 3 heterocycles. The van der Waals surface area contributed by atoms with Crippen molar-refractivity contribution in [2.24, 2.45) is 0 Å². The van der Waals surface area contributed by atoms with Gasteiger partial charge in [-0.05, 0) is 58.8 Å². The summed E-state index contributed by atoms with van der Waals surface area (Å²) in [5.41, 5.74) is 0.986. The molecule has 6 heteroatoms. The molecule has 0 amide bonds. The van der Waals surface area contributed by atoms with Gasteiger partial charge < -0.3 is 19.3 Å². The van der Waals surface area contributed by atoms with E-state index < -0.39 is 56.0 Å². The average Bonchev–Trinajstić information content (AvgIpc) is 3.91. The van der Waals surface area contributed by atoms with Crippen LogP contribution in [-0.4, -0.2) is 26.2 Å². The number of rotatable bonds is 7. The van der Waals surface area contributed by atoms with Crippen LogP contribution in [0.2, 0.25) is 0 Å². The first-order valence-electron chi connectivity index (χ1n) is 22.0. The van der Waals surface area contributed by atoms with Crippen LogP contribution in [0.15, 0.2) is 120 Å². The summed E-state index contributed by atoms with van der Waals surface area (Å²) < 4.78 is 127. The Bertz CT molecular complexity index is 2770. The number of phenolic OH excluding ortho intramolecular Hbond substituents is 1. The Hall–Kier alpha value is -5.49. The van der Waals surface area contributed by atoms with E-state index in [9.17, 15) is 7.85 Å². The van der Waals surface area contributed by atoms with Crippen LogP contribution in [0.1, 0.15) is 75.1 Å². The zero-order valence-electron chi connectivity index (χ0n) is 39.0. The maximum Gasteiger partial charge on any atom is 0.159 e. The van der Waals surface area contributed by atoms with Crippen LogP contribution >= 0.6 is 0 Å². The van der Waals surface area contributed by atoms with E-state index in [0.29, 0.717) is 17.8 Å². The summed E-state index contributed by atoms with van der Waals surface area (Å²) in [6.07, 6.45) is 3.77. The van der Waals surface area contributed by atoms with Gasteiger partial charge in [-0.3, -0.25) is 4.57 Å². The molecule has 47 heavy (non-hydrogen) atoms. The highest BCUT2D eigenvalue weighted by molar-refractivity contribution is 6.09. The number of imidazole rings is 1. The summed E-state index contributed by atoms with van der Waals surface area (Å²) in [4.78, 5) is 8.92. The Kier molecular flexibility index (Phi) is 4.23. The lowest BCUT2D eigenvalue weighted by atomic mass is 9.92. The van der Waals surface area contributed by atoms with Crippen molar-refractivity contribution in [1.82, 2.24) is 14.5 Å². The number of anilines is 1. The first-order valence-corrected chi connectivity index (χ1v) is 15.0. The number of para-hydroxylation sites is 5. The summed E-state index contributed by atoms with van der Waals surface area (Å²) in [6, 6.07) is 27.6. The lowest BCUT2D eigenvalue weighted by molar-refractivity contribution is 0.401. The highest BCUT2D eigenvalue weighted by Gasteiger charge is 2.25. The van der Waals surface area contributed by atoms with Crippen LogP contribution in [0.25, 0.3) is 50.0 Å². The zero-order chi connectivity index (χ0) is 44.1. The van der Waals surface area contributed by atoms with E-state index in [1.165, 1.54) is 28.8 Å². The number of nitrogens with zero attached hydrogens (tertiary/aromatic N) is 4. The van der Waals surface area contributed by atoms with E-state index in [1.54, 1.807) is 18.2 Å². The molecule has 6 nitrogen and oxygen atoms in total. The smallest absolute Gasteiger partial charge is 0.159 e. The zero-order valence-corrected chi connectivity index (χ0v) is 25.0. The van der Waals surface area contributed by atoms with Gasteiger partial charge in [0.25, 0.3) is 0 Å². The molecule has 7 aromatic rings. The Morgan fingerprint density at radius 1 is 0.809 bits per heavy atom. The predicted molar refractivity (Wildman–Crippen MR) is 192 cm³/mol. The van der Waals surface area contributed by atoms with Gasteiger partial charge in [0.2, 0.25) is 0 Å². The molecule has 0 atom stereocenters. The van der Waals surface area contributed by atoms with Crippen molar-refractivity contribution < 1.29 is 28.7 Å². The van der Waals surface area contributed by atoms with Gasteiger partial charge in [0, 0.05) is 48.9 Å². The fourth-order valence-corrected chi connectivity index (χ4v) is 6.44. The Morgan fingerprint density at radius 2 is 1.53 bits per heavy atom. The minimum Gasteiger partial charge on any atom is -0.507 e. The number of furan rings is 1. The Labute approximate surface area is 294 Å². The number of fused-ring (bicyclic) bond motifs is 4. The molecule has 0 saturated carbocycles. The molecule has 0 spiro atoms. The maximum absolute atomic E-state index is 11.3. The highest BCUT2D eigenvalue weighted by Crippen LogP contribution is 2.40. The number of aromatic nitrogens is 2. The van der Waals surface area contributed by atoms with E-state index in [4.69, 9.17) is 25.9 Å². The number of phenols is 1. The van der Waals surface area contributed by atoms with Gasteiger partial charge in [-0.15, -0.1) is 0 Å². The topological polar surface area (TPSA) is 57.7 Å². The lowest BCUT2D eigenvalue weighted by Gasteiger charge is -2.23. The number of hydrogen-bond donors (Lipinski definition) is 1. The third-order valence-electron chi connectivity index (χ3n) is 8.57. The number of aromatic hydroxyl groups is 1. The SMILES string of the molecule is [2H]C([2H])([2H])C([2H])(c1cccc(C([2H])(C([2H])([2H])[2H])C([2H])([2H])[2H])c1-n1c(-c2ccccc2O)nc2c(CN3C=CN(c4cccc5c4oc4ccccc45)C3)cccc21)C([2H])([2H])[2H]. The molecule has 1 aliphatic heterocycles. The van der Waals surface area contributed by atoms with Crippen molar-refractivity contribution in [2.45, 2.75) is 45.7 Å². The van der Waals surface area contributed by atoms with Crippen LogP contribution in [0, 0.1) is 0 Å². The van der Waals surface area contributed by atoms with E-state index in [-0.39, 0.29) is 34.7 Å². The van der Waals surface area contributed by atoms with Gasteiger partial charge in [0.1, 0.15) is 17.2 Å². The maximum atomic E-state index is 11.3. The summed E-state index contributed by atoms with van der Waals surface area (Å²) >= 11 is 0. The first-order chi connectivity index (χ1) is 28.5. The van der Waals surface area contributed by atoms with Gasteiger partial charge in [-0.1, -0.05) is 100 Å². The van der Waals surface area contributed by atoms with Crippen LogP contribution in [0.5, 0.6) is 5.75 Å². The van der Waals surface area contributed by atoms with Gasteiger partial charge in [-0.2, -0.15) is 0 Å². The fraction of sp³-hybridized carbons (Fsp3) is 0.195. The Morgan fingerprint density at radius 3 is 2.34 bits per heavy atom. The van der Waals surface area contributed by atoms with Crippen LogP contribution in [-0.2, 0) is 6.54 Å². The molecule has 5 aromatic carbocycles. The summed E-state index contributed by atoms with van der Waals surface area (Å²) in [5, 5.41) is 13.2. The van der Waals surface area contributed by atoms with Gasteiger partial charge in [0.15, 0.2) is 5.58 Å². The predicted octanol–water partition coefficient (Wildman–Crippen LogP) is 10.3. The van der Waals surface area contributed by atoms with E-state index in [0.717, 1.165) is 40.2 Å². The van der Waals surface area contributed by atoms with Crippen molar-refractivity contribution in [1.29, 1.82) is 0 Å². The minimum absolute atomic E-state index is 0.0215. The largest absolute Gasteiger partial charge is 0.507 e. The molecule has 1 aliphatic rings. The molecule has 234 valence electrons. The second kappa shape index (κ2) is 11.4. The van der Waals surface area contributed by atoms with Crippen LogP contribution in [0.3, 0.4) is 0 Å². The first kappa shape index (κ1) is 17.4. The molecular formula is C41H38N4O2. The fourth-order valence-electron chi connectivity index (χ4n) is 6.44. The van der Waals surface area contributed by atoms with Gasteiger partial charge in [-0.25, -0.2) is 4.98 Å². The lowest BCUT2D eigenvalue weighted by Crippen LogP contribution is -2.24. The molecule has 1 N–H and O–H groups in total. The van der Waals surface area contributed by atoms with Crippen molar-refractivity contribution in [3.05, 3.63) is 132 Å². The summed E-state index contributed by atoms with van der Waals surface area (Å²) in [6.45, 7) is -13.9. The van der Waals surface area contributed by atoms with E-state index in [1.807, 2.05) is 64.7 Å². The van der Waals surface area contributed by atoms with E-state index >= 15 is 0 Å². The molecule has 8 rings (SSSR count). The molecular weight excluding hydrogens is 580 g/mol. The van der Waals surface area contributed by atoms with Crippen molar-refractivity contribution in [3.8, 4) is 22.8 Å². The second-order valence-corrected chi connectivity index (χ2v) is 11.4. The highest BCUT2D eigenvalue weighted by atomic mass is 16.3. The molecule has 0 fully saturated rings. The van der Waals surface area contributed by atoms with E-state index in [2.05, 4.69) is 0 Å². The third kappa shape index (κ3) is 4.83. The summed E-state index contributed by atoms with van der Waals surface area (Å²) in [5.74, 6) is -7.51. The molecule has 2 aromatic heterocycles. The quantitative estimate of drug-likeness (QED) is 0.189. The standard InChI is InChI=1S/C41H38N4O2/c1-26(2)29-15-10-16-30(27(3)4)39(29)45-34-18-9-12-28(38(34)42-41(45)33-14-5-7-20-36(33)46)24-43-22-23-44(25-43)35-19-11-17-32-31-13-6-8-21-37(31)47-40(32)35/h5-23,26-27,46H,24-25H2,1-4H3/i1D3,2D3,3D3,4D3,26D,27D. The minimum atomic E-state index is -3.62. The van der Waals surface area contributed by atoms with Crippen molar-refractivity contribution in [2.75, 3.05) is 11.6 Å². The summed E-state index contributed by atoms with van der Waals surface area (Å²) in [7, 11) is 0. The molecule has 0 unspecified atom stereocenters. The van der Waals surface area contributed by atoms with Crippen LogP contribution < -0.4 is 4.90 Å². The molecule has 0 radical (unpaired) electrons.